The quantitative estimate of drug-likeness (QED) is 0.647. The normalized spacial score (nSPS) is 6.67. The van der Waals surface area contributed by atoms with Gasteiger partial charge in [-0.2, -0.15) is 0 Å². The van der Waals surface area contributed by atoms with Gasteiger partial charge < -0.3 is 4.98 Å². The molecule has 0 spiro atoms. The van der Waals surface area contributed by atoms with Crippen molar-refractivity contribution in [3.8, 4) is 0 Å². The smallest absolute Gasteiger partial charge is 0.000496 e. The van der Waals surface area contributed by atoms with Crippen LogP contribution in [0.1, 0.15) is 0 Å². The molecule has 2 heteroatoms. The molecule has 1 rings (SSSR count). The zero-order valence-electron chi connectivity index (χ0n) is 3.52. The van der Waals surface area contributed by atoms with Crippen molar-refractivity contribution in [2.24, 2.45) is 0 Å². The number of H-pyrrole nitrogens is 1. The summed E-state index contributed by atoms with van der Waals surface area (Å²) in [4.78, 5) is 2.86. The van der Waals surface area contributed by atoms with Crippen LogP contribution in [0.3, 0.4) is 0 Å². The molecule has 0 aliphatic carbocycles. The monoisotopic (exact) mass is 277 g/mol. The maximum absolute atomic E-state index is 2.86. The first kappa shape index (κ1) is 6.20. The van der Waals surface area contributed by atoms with Crippen molar-refractivity contribution in [1.29, 1.82) is 0 Å². The number of hydrogen-bond donors (Lipinski definition) is 1. The van der Waals surface area contributed by atoms with Crippen LogP contribution in [0, 0.1) is 0 Å². The maximum Gasteiger partial charge on any atom is 0.000496 e. The molecule has 0 fully saturated rings. The Bertz CT molecular complexity index is 64.0. The van der Waals surface area contributed by atoms with Crippen LogP contribution < -0.4 is 0 Å². The third kappa shape index (κ3) is 1.59. The zero-order chi connectivity index (χ0) is 3.54. The van der Waals surface area contributed by atoms with E-state index in [9.17, 15) is 0 Å². The molecule has 1 aromatic rings. The van der Waals surface area contributed by atoms with E-state index in [-0.39, 0.29) is 27.3 Å². The Balaban J connectivity index is 0.000000250. The van der Waals surface area contributed by atoms with Crippen molar-refractivity contribution in [2.45, 2.75) is 0 Å². The number of hydrogen-bond acceptors (Lipinski definition) is 0. The molecule has 0 bridgehead atoms. The number of aromatic nitrogens is 1. The predicted octanol–water partition coefficient (Wildman–Crippen LogP) is 0.0985. The summed E-state index contributed by atoms with van der Waals surface area (Å²) >= 11 is 0. The van der Waals surface area contributed by atoms with E-state index in [0.29, 0.717) is 0 Å². The summed E-state index contributed by atoms with van der Waals surface area (Å²) < 4.78 is 0. The fourth-order valence-corrected chi connectivity index (χ4v) is 0.278. The van der Waals surface area contributed by atoms with Gasteiger partial charge in [0.05, 0.1) is 0 Å². The van der Waals surface area contributed by atoms with E-state index in [1.807, 2.05) is 24.5 Å². The summed E-state index contributed by atoms with van der Waals surface area (Å²) in [5.41, 5.74) is 0. The number of nitrogens with one attached hydrogen (secondary N) is 1. The van der Waals surface area contributed by atoms with E-state index in [0.717, 1.165) is 0 Å². The molecule has 1 N–H and O–H groups in total. The molecule has 0 atom stereocenters. The Hall–Kier alpha value is 0.202. The molecule has 0 aliphatic rings. The second kappa shape index (κ2) is 3.39. The predicted molar refractivity (Wildman–Crippen MR) is 29.3 cm³/mol. The molecule has 0 aromatic carbocycles. The van der Waals surface area contributed by atoms with Gasteiger partial charge in [-0.25, -0.2) is 0 Å². The van der Waals surface area contributed by atoms with E-state index in [1.165, 1.54) is 0 Å². The summed E-state index contributed by atoms with van der Waals surface area (Å²) in [6.45, 7) is 0. The van der Waals surface area contributed by atoms with Gasteiger partial charge >= 0.3 is 27.3 Å². The zero-order valence-corrected chi connectivity index (χ0v) is 9.01. The standard InChI is InChI=1S/C4H5N.Pb.2H/c1-2-4-5-3-1;;;/h1-5H;;;. The van der Waals surface area contributed by atoms with Crippen molar-refractivity contribution < 1.29 is 0 Å². The molecule has 0 saturated carbocycles. The third-order valence-electron chi connectivity index (χ3n) is 0.496. The van der Waals surface area contributed by atoms with Gasteiger partial charge in [0.1, 0.15) is 0 Å². The SMILES string of the molecule is [PbH2].c1cc[nH]c1. The first-order valence-electron chi connectivity index (χ1n) is 1.58. The van der Waals surface area contributed by atoms with E-state index in [4.69, 9.17) is 0 Å². The molecule has 0 amide bonds. The van der Waals surface area contributed by atoms with Gasteiger partial charge in [-0.15, -0.1) is 0 Å². The summed E-state index contributed by atoms with van der Waals surface area (Å²) in [5, 5.41) is 0. The maximum atomic E-state index is 2.86. The molecule has 0 saturated heterocycles. The molecule has 1 aromatic heterocycles. The summed E-state index contributed by atoms with van der Waals surface area (Å²) in [7, 11) is 0. The van der Waals surface area contributed by atoms with Crippen molar-refractivity contribution >= 4 is 27.3 Å². The van der Waals surface area contributed by atoms with Crippen LogP contribution in [0.4, 0.5) is 0 Å². The Labute approximate surface area is 56.9 Å². The fraction of sp³-hybridized carbons (Fsp3) is 0. The number of aromatic amines is 1. The van der Waals surface area contributed by atoms with Crippen LogP contribution in [0.2, 0.25) is 0 Å². The minimum atomic E-state index is 0. The molecule has 2 radical (unpaired) electrons. The van der Waals surface area contributed by atoms with E-state index < -0.39 is 0 Å². The van der Waals surface area contributed by atoms with Crippen molar-refractivity contribution in [3.05, 3.63) is 24.5 Å². The number of rotatable bonds is 0. The van der Waals surface area contributed by atoms with Crippen molar-refractivity contribution in [2.75, 3.05) is 0 Å². The van der Waals surface area contributed by atoms with Crippen LogP contribution in [0.25, 0.3) is 0 Å². The molecule has 1 heterocycles. The van der Waals surface area contributed by atoms with Crippen LogP contribution >= 0.6 is 0 Å². The van der Waals surface area contributed by atoms with Crippen LogP contribution in [-0.4, -0.2) is 32.3 Å². The molecule has 0 aliphatic heterocycles. The fourth-order valence-electron chi connectivity index (χ4n) is 0.278. The molecular formula is C4H7NPb. The van der Waals surface area contributed by atoms with E-state index >= 15 is 0 Å². The average molecular weight is 276 g/mol. The summed E-state index contributed by atoms with van der Waals surface area (Å²) in [6.07, 6.45) is 3.75. The first-order chi connectivity index (χ1) is 2.50. The van der Waals surface area contributed by atoms with Gasteiger partial charge in [-0.1, -0.05) is 0 Å². The van der Waals surface area contributed by atoms with Gasteiger partial charge in [0, 0.05) is 12.4 Å². The average Bonchev–Trinajstić information content (AvgIpc) is 1.76. The summed E-state index contributed by atoms with van der Waals surface area (Å²) in [5.74, 6) is 0. The van der Waals surface area contributed by atoms with Gasteiger partial charge in [0.25, 0.3) is 0 Å². The minimum absolute atomic E-state index is 0. The van der Waals surface area contributed by atoms with Crippen LogP contribution in [-0.2, 0) is 0 Å². The van der Waals surface area contributed by atoms with Crippen molar-refractivity contribution in [3.63, 3.8) is 0 Å². The van der Waals surface area contributed by atoms with Crippen LogP contribution in [0.5, 0.6) is 0 Å². The summed E-state index contributed by atoms with van der Waals surface area (Å²) in [6, 6.07) is 3.89. The van der Waals surface area contributed by atoms with Gasteiger partial charge in [-0.3, -0.25) is 0 Å². The Morgan fingerprint density at radius 3 is 1.67 bits per heavy atom. The van der Waals surface area contributed by atoms with Gasteiger partial charge in [0.15, 0.2) is 0 Å². The Kier molecular flexibility index (Phi) is 3.51. The first-order valence-corrected chi connectivity index (χ1v) is 1.58. The molecular weight excluding hydrogens is 269 g/mol. The third-order valence-corrected chi connectivity index (χ3v) is 0.496. The second-order valence-electron chi connectivity index (χ2n) is 0.885. The second-order valence-corrected chi connectivity index (χ2v) is 0.885. The molecule has 32 valence electrons. The Morgan fingerprint density at radius 2 is 1.50 bits per heavy atom. The van der Waals surface area contributed by atoms with Crippen molar-refractivity contribution in [1.82, 2.24) is 4.98 Å². The molecule has 1 nitrogen and oxygen atoms in total. The van der Waals surface area contributed by atoms with E-state index in [1.54, 1.807) is 0 Å². The van der Waals surface area contributed by atoms with E-state index in [2.05, 4.69) is 4.98 Å². The topological polar surface area (TPSA) is 15.8 Å². The Morgan fingerprint density at radius 1 is 1.00 bits per heavy atom. The molecule has 0 unspecified atom stereocenters. The molecule has 6 heavy (non-hydrogen) atoms. The van der Waals surface area contributed by atoms with Gasteiger partial charge in [-0.05, 0) is 12.1 Å². The van der Waals surface area contributed by atoms with Crippen LogP contribution in [0.15, 0.2) is 24.5 Å². The largest absolute Gasteiger partial charge is 0.368 e. The van der Waals surface area contributed by atoms with Gasteiger partial charge in [0.2, 0.25) is 0 Å². The minimum Gasteiger partial charge on any atom is -0.368 e.